The van der Waals surface area contributed by atoms with Crippen LogP contribution in [0.5, 0.6) is 5.75 Å². The fourth-order valence-corrected chi connectivity index (χ4v) is 7.05. The molecule has 0 unspecified atom stereocenters. The van der Waals surface area contributed by atoms with Crippen molar-refractivity contribution in [3.63, 3.8) is 0 Å². The molecule has 0 radical (unpaired) electrons. The molecule has 1 N–H and O–H groups in total. The van der Waals surface area contributed by atoms with Crippen molar-refractivity contribution in [3.05, 3.63) is 53.1 Å². The van der Waals surface area contributed by atoms with Crippen LogP contribution in [0.4, 0.5) is 5.69 Å². The summed E-state index contributed by atoms with van der Waals surface area (Å²) in [6, 6.07) is 10.1. The standard InChI is InChI=1S/C24H32ClN3O6S2/c1-4-22(28(35(3,30)31)23-17-19(25)8-7-18(23)2)24(29)26-13-16-34-20-9-11-21(12-10-20)36(32,33)27-14-5-6-15-27/h7-12,17,22H,4-6,13-16H2,1-3H3,(H,26,29)/t22-/m1/s1. The van der Waals surface area contributed by atoms with Gasteiger partial charge < -0.3 is 10.1 Å². The van der Waals surface area contributed by atoms with Crippen LogP contribution in [0.2, 0.25) is 5.02 Å². The molecule has 2 aromatic rings. The molecule has 1 fully saturated rings. The van der Waals surface area contributed by atoms with E-state index in [9.17, 15) is 21.6 Å². The smallest absolute Gasteiger partial charge is 0.244 e. The van der Waals surface area contributed by atoms with Gasteiger partial charge in [-0.1, -0.05) is 24.6 Å². The third-order valence-corrected chi connectivity index (χ3v) is 9.25. The third kappa shape index (κ3) is 6.70. The molecule has 0 aromatic heterocycles. The average Bonchev–Trinajstić information content (AvgIpc) is 3.37. The quantitative estimate of drug-likeness (QED) is 0.425. The number of carbonyl (C=O) groups is 1. The van der Waals surface area contributed by atoms with Crippen LogP contribution in [0, 0.1) is 6.92 Å². The van der Waals surface area contributed by atoms with E-state index < -0.39 is 32.0 Å². The normalized spacial score (nSPS) is 15.4. The second kappa shape index (κ2) is 11.8. The number of anilines is 1. The summed E-state index contributed by atoms with van der Waals surface area (Å²) < 4.78 is 58.7. The van der Waals surface area contributed by atoms with E-state index in [1.54, 1.807) is 38.1 Å². The summed E-state index contributed by atoms with van der Waals surface area (Å²) in [5.41, 5.74) is 1.03. The fraction of sp³-hybridized carbons (Fsp3) is 0.458. The van der Waals surface area contributed by atoms with Crippen molar-refractivity contribution in [3.8, 4) is 5.75 Å². The van der Waals surface area contributed by atoms with Crippen molar-refractivity contribution < 1.29 is 26.4 Å². The Morgan fingerprint density at radius 3 is 2.33 bits per heavy atom. The molecule has 3 rings (SSSR count). The van der Waals surface area contributed by atoms with E-state index in [1.807, 2.05) is 0 Å². The predicted octanol–water partition coefficient (Wildman–Crippen LogP) is 3.17. The van der Waals surface area contributed by atoms with Crippen LogP contribution in [-0.2, 0) is 24.8 Å². The van der Waals surface area contributed by atoms with Gasteiger partial charge in [-0.3, -0.25) is 9.10 Å². The molecular weight excluding hydrogens is 526 g/mol. The molecule has 9 nitrogen and oxygen atoms in total. The van der Waals surface area contributed by atoms with Crippen LogP contribution < -0.4 is 14.4 Å². The second-order valence-corrected chi connectivity index (χ2v) is 12.9. The van der Waals surface area contributed by atoms with Gasteiger partial charge in [0.15, 0.2) is 0 Å². The Bertz CT molecular complexity index is 1280. The monoisotopic (exact) mass is 557 g/mol. The minimum Gasteiger partial charge on any atom is -0.492 e. The van der Waals surface area contributed by atoms with E-state index in [2.05, 4.69) is 5.32 Å². The zero-order valence-electron chi connectivity index (χ0n) is 20.6. The number of aryl methyl sites for hydroxylation is 1. The predicted molar refractivity (Wildman–Crippen MR) is 141 cm³/mol. The van der Waals surface area contributed by atoms with Gasteiger partial charge in [0.25, 0.3) is 0 Å². The lowest BCUT2D eigenvalue weighted by molar-refractivity contribution is -0.122. The Balaban J connectivity index is 1.60. The van der Waals surface area contributed by atoms with Crippen molar-refractivity contribution in [2.75, 3.05) is 36.8 Å². The number of hydrogen-bond acceptors (Lipinski definition) is 6. The number of nitrogens with zero attached hydrogens (tertiary/aromatic N) is 2. The highest BCUT2D eigenvalue weighted by Crippen LogP contribution is 2.29. The summed E-state index contributed by atoms with van der Waals surface area (Å²) in [5, 5.41) is 3.10. The van der Waals surface area contributed by atoms with Gasteiger partial charge in [0.2, 0.25) is 26.0 Å². The summed E-state index contributed by atoms with van der Waals surface area (Å²) >= 11 is 6.09. The lowest BCUT2D eigenvalue weighted by atomic mass is 10.1. The Morgan fingerprint density at radius 2 is 1.75 bits per heavy atom. The lowest BCUT2D eigenvalue weighted by Gasteiger charge is -2.31. The first kappa shape index (κ1) is 28.2. The zero-order valence-corrected chi connectivity index (χ0v) is 23.0. The van der Waals surface area contributed by atoms with Crippen molar-refractivity contribution in [1.29, 1.82) is 0 Å². The van der Waals surface area contributed by atoms with E-state index in [0.29, 0.717) is 35.1 Å². The highest BCUT2D eigenvalue weighted by Gasteiger charge is 2.32. The molecule has 1 aliphatic rings. The molecule has 1 amide bonds. The molecule has 12 heteroatoms. The minimum atomic E-state index is -3.78. The van der Waals surface area contributed by atoms with Crippen molar-refractivity contribution in [2.24, 2.45) is 0 Å². The zero-order chi connectivity index (χ0) is 26.5. The molecular formula is C24H32ClN3O6S2. The lowest BCUT2D eigenvalue weighted by Crippen LogP contribution is -2.50. The van der Waals surface area contributed by atoms with Crippen molar-refractivity contribution >= 4 is 43.2 Å². The highest BCUT2D eigenvalue weighted by atomic mass is 35.5. The summed E-state index contributed by atoms with van der Waals surface area (Å²) in [4.78, 5) is 13.2. The van der Waals surface area contributed by atoms with Crippen molar-refractivity contribution in [2.45, 2.75) is 44.0 Å². The Hall–Kier alpha value is -2.34. The molecule has 1 aliphatic heterocycles. The van der Waals surface area contributed by atoms with Gasteiger partial charge in [0, 0.05) is 18.1 Å². The van der Waals surface area contributed by atoms with Crippen LogP contribution in [0.15, 0.2) is 47.4 Å². The van der Waals surface area contributed by atoms with Crippen LogP contribution >= 0.6 is 11.6 Å². The van der Waals surface area contributed by atoms with E-state index in [4.69, 9.17) is 16.3 Å². The molecule has 1 atom stereocenters. The number of amides is 1. The van der Waals surface area contributed by atoms with Crippen LogP contribution in [0.1, 0.15) is 31.7 Å². The first-order valence-corrected chi connectivity index (χ1v) is 15.4. The van der Waals surface area contributed by atoms with Gasteiger partial charge in [0.1, 0.15) is 18.4 Å². The minimum absolute atomic E-state index is 0.120. The van der Waals surface area contributed by atoms with Crippen LogP contribution in [0.3, 0.4) is 0 Å². The van der Waals surface area contributed by atoms with Crippen LogP contribution in [-0.4, -0.2) is 65.6 Å². The number of ether oxygens (including phenoxy) is 1. The molecule has 0 saturated carbocycles. The van der Waals surface area contributed by atoms with E-state index in [-0.39, 0.29) is 24.5 Å². The SMILES string of the molecule is CC[C@H](C(=O)NCCOc1ccc(S(=O)(=O)N2CCCC2)cc1)N(c1cc(Cl)ccc1C)S(C)(=O)=O. The molecule has 0 aliphatic carbocycles. The van der Waals surface area contributed by atoms with E-state index in [0.717, 1.165) is 23.4 Å². The molecule has 1 saturated heterocycles. The van der Waals surface area contributed by atoms with Gasteiger partial charge in [0.05, 0.1) is 23.4 Å². The Kier molecular flexibility index (Phi) is 9.26. The largest absolute Gasteiger partial charge is 0.492 e. The summed E-state index contributed by atoms with van der Waals surface area (Å²) in [5.74, 6) is 0.00179. The number of halogens is 1. The number of nitrogens with one attached hydrogen (secondary N) is 1. The molecule has 0 bridgehead atoms. The molecule has 2 aromatic carbocycles. The average molecular weight is 558 g/mol. The van der Waals surface area contributed by atoms with Gasteiger partial charge in [-0.25, -0.2) is 16.8 Å². The number of benzene rings is 2. The maximum Gasteiger partial charge on any atom is 0.244 e. The van der Waals surface area contributed by atoms with E-state index in [1.165, 1.54) is 22.5 Å². The highest BCUT2D eigenvalue weighted by molar-refractivity contribution is 7.92. The van der Waals surface area contributed by atoms with Gasteiger partial charge >= 0.3 is 0 Å². The fourth-order valence-electron chi connectivity index (χ4n) is 4.10. The Morgan fingerprint density at radius 1 is 1.11 bits per heavy atom. The van der Waals surface area contributed by atoms with Gasteiger partial charge in [-0.2, -0.15) is 4.31 Å². The van der Waals surface area contributed by atoms with Crippen LogP contribution in [0.25, 0.3) is 0 Å². The van der Waals surface area contributed by atoms with Gasteiger partial charge in [-0.05, 0) is 68.1 Å². The van der Waals surface area contributed by atoms with E-state index >= 15 is 0 Å². The molecule has 1 heterocycles. The second-order valence-electron chi connectivity index (χ2n) is 8.64. The first-order chi connectivity index (χ1) is 16.9. The first-order valence-electron chi connectivity index (χ1n) is 11.7. The summed E-state index contributed by atoms with van der Waals surface area (Å²) in [6.45, 7) is 4.81. The number of sulfonamides is 2. The third-order valence-electron chi connectivity index (χ3n) is 5.93. The molecule has 36 heavy (non-hydrogen) atoms. The number of carbonyl (C=O) groups excluding carboxylic acids is 1. The molecule has 0 spiro atoms. The van der Waals surface area contributed by atoms with Crippen molar-refractivity contribution in [1.82, 2.24) is 9.62 Å². The summed E-state index contributed by atoms with van der Waals surface area (Å²) in [6.07, 6.45) is 3.04. The number of hydrogen-bond donors (Lipinski definition) is 1. The number of rotatable bonds is 11. The molecule has 198 valence electrons. The topological polar surface area (TPSA) is 113 Å². The maximum absolute atomic E-state index is 12.9. The Labute approximate surface area is 218 Å². The maximum atomic E-state index is 12.9. The summed E-state index contributed by atoms with van der Waals surface area (Å²) in [7, 11) is -7.27. The van der Waals surface area contributed by atoms with Gasteiger partial charge in [-0.15, -0.1) is 0 Å².